The molecule has 1 N–H and O–H groups in total. The first-order chi connectivity index (χ1) is 7.57. The van der Waals surface area contributed by atoms with Gasteiger partial charge in [0.05, 0.1) is 11.4 Å². The van der Waals surface area contributed by atoms with E-state index in [2.05, 4.69) is 37.7 Å². The Balaban J connectivity index is 2.96. The number of nitrogens with one attached hydrogen (secondary N) is 1. The van der Waals surface area contributed by atoms with Gasteiger partial charge in [-0.25, -0.2) is 0 Å². The van der Waals surface area contributed by atoms with Crippen molar-refractivity contribution in [2.24, 2.45) is 0 Å². The van der Waals surface area contributed by atoms with Gasteiger partial charge in [-0.3, -0.25) is 4.98 Å². The molecule has 1 rings (SSSR count). The Labute approximate surface area is 98.8 Å². The molecule has 0 saturated heterocycles. The molecule has 0 bridgehead atoms. The summed E-state index contributed by atoms with van der Waals surface area (Å²) in [4.78, 5) is 4.45. The summed E-state index contributed by atoms with van der Waals surface area (Å²) in [7, 11) is 0. The van der Waals surface area contributed by atoms with Crippen LogP contribution in [0.3, 0.4) is 0 Å². The van der Waals surface area contributed by atoms with Gasteiger partial charge in [0.2, 0.25) is 0 Å². The monoisotopic (exact) mass is 218 g/mol. The number of hydrogen-bond donors (Lipinski definition) is 1. The van der Waals surface area contributed by atoms with E-state index in [-0.39, 0.29) is 0 Å². The van der Waals surface area contributed by atoms with Crippen LogP contribution in [0.1, 0.15) is 43.0 Å². The first kappa shape index (κ1) is 12.8. The number of rotatable bonds is 5. The molecule has 16 heavy (non-hydrogen) atoms. The molecule has 0 spiro atoms. The molecule has 88 valence electrons. The molecule has 2 nitrogen and oxygen atoms in total. The van der Waals surface area contributed by atoms with Gasteiger partial charge in [-0.05, 0) is 37.3 Å². The zero-order valence-corrected chi connectivity index (χ0v) is 10.8. The van der Waals surface area contributed by atoms with Crippen LogP contribution >= 0.6 is 0 Å². The van der Waals surface area contributed by atoms with Crippen LogP contribution in [0.4, 0.5) is 5.69 Å². The van der Waals surface area contributed by atoms with Crippen LogP contribution < -0.4 is 5.32 Å². The number of aryl methyl sites for hydroxylation is 1. The van der Waals surface area contributed by atoms with Crippen LogP contribution in [-0.4, -0.2) is 11.5 Å². The lowest BCUT2D eigenvalue weighted by Gasteiger charge is -2.16. The van der Waals surface area contributed by atoms with Crippen molar-refractivity contribution in [2.45, 2.75) is 40.0 Å². The van der Waals surface area contributed by atoms with Crippen LogP contribution in [0.25, 0.3) is 0 Å². The molecule has 0 unspecified atom stereocenters. The highest BCUT2D eigenvalue weighted by Crippen LogP contribution is 2.26. The maximum Gasteiger partial charge on any atom is 0.0606 e. The van der Waals surface area contributed by atoms with E-state index in [1.54, 1.807) is 0 Å². The molecule has 0 saturated carbocycles. The van der Waals surface area contributed by atoms with E-state index in [0.29, 0.717) is 5.92 Å². The third kappa shape index (κ3) is 2.84. The summed E-state index contributed by atoms with van der Waals surface area (Å²) in [6.45, 7) is 13.3. The highest BCUT2D eigenvalue weighted by molar-refractivity contribution is 5.57. The number of hydrogen-bond acceptors (Lipinski definition) is 2. The van der Waals surface area contributed by atoms with Gasteiger partial charge < -0.3 is 5.32 Å². The average Bonchev–Trinajstić information content (AvgIpc) is 2.22. The fourth-order valence-corrected chi connectivity index (χ4v) is 1.89. The van der Waals surface area contributed by atoms with Crippen molar-refractivity contribution in [2.75, 3.05) is 11.9 Å². The molecule has 0 atom stereocenters. The third-order valence-electron chi connectivity index (χ3n) is 2.84. The van der Waals surface area contributed by atoms with E-state index in [0.717, 1.165) is 18.7 Å². The molecule has 0 aliphatic rings. The fraction of sp³-hybridized carbons (Fsp3) is 0.500. The Morgan fingerprint density at radius 2 is 2.12 bits per heavy atom. The molecule has 0 radical (unpaired) electrons. The van der Waals surface area contributed by atoms with Crippen molar-refractivity contribution in [3.63, 3.8) is 0 Å². The Kier molecular flexibility index (Phi) is 4.53. The summed E-state index contributed by atoms with van der Waals surface area (Å²) in [5, 5.41) is 3.44. The second kappa shape index (κ2) is 5.69. The van der Waals surface area contributed by atoms with Gasteiger partial charge in [0.15, 0.2) is 0 Å². The Bertz CT molecular complexity index is 367. The summed E-state index contributed by atoms with van der Waals surface area (Å²) in [6, 6.07) is 0. The van der Waals surface area contributed by atoms with Crippen LogP contribution in [-0.2, 0) is 0 Å². The second-order valence-corrected chi connectivity index (χ2v) is 4.46. The zero-order chi connectivity index (χ0) is 12.1. The van der Waals surface area contributed by atoms with Crippen molar-refractivity contribution in [3.8, 4) is 0 Å². The Morgan fingerprint density at radius 3 is 2.69 bits per heavy atom. The van der Waals surface area contributed by atoms with E-state index in [9.17, 15) is 0 Å². The SMILES string of the molecule is C=CCCNc1c(C)ncc(C(C)C)c1C. The minimum Gasteiger partial charge on any atom is -0.383 e. The summed E-state index contributed by atoms with van der Waals surface area (Å²) in [5.41, 5.74) is 4.91. The standard InChI is InChI=1S/C14H22N2/c1-6-7-8-15-14-11(4)13(10(2)3)9-16-12(14)5/h6,9-10,15H,1,7-8H2,2-5H3. The summed E-state index contributed by atoms with van der Waals surface area (Å²) < 4.78 is 0. The van der Waals surface area contributed by atoms with Gasteiger partial charge in [0.1, 0.15) is 0 Å². The van der Waals surface area contributed by atoms with Crippen molar-refractivity contribution >= 4 is 5.69 Å². The molecule has 1 heterocycles. The third-order valence-corrected chi connectivity index (χ3v) is 2.84. The number of pyridine rings is 1. The van der Waals surface area contributed by atoms with Crippen LogP contribution in [0.5, 0.6) is 0 Å². The van der Waals surface area contributed by atoms with E-state index in [4.69, 9.17) is 0 Å². The molecule has 0 amide bonds. The summed E-state index contributed by atoms with van der Waals surface area (Å²) in [5.74, 6) is 0.521. The highest BCUT2D eigenvalue weighted by Gasteiger charge is 2.10. The van der Waals surface area contributed by atoms with Crippen LogP contribution in [0, 0.1) is 13.8 Å². The predicted molar refractivity (Wildman–Crippen MR) is 71.1 cm³/mol. The average molecular weight is 218 g/mol. The van der Waals surface area contributed by atoms with E-state index >= 15 is 0 Å². The van der Waals surface area contributed by atoms with Gasteiger partial charge in [-0.2, -0.15) is 0 Å². The molecule has 0 aliphatic carbocycles. The predicted octanol–water partition coefficient (Wildman–Crippen LogP) is 3.81. The minimum absolute atomic E-state index is 0.521. The molecular formula is C14H22N2. The maximum absolute atomic E-state index is 4.45. The Hall–Kier alpha value is -1.31. The minimum atomic E-state index is 0.521. The largest absolute Gasteiger partial charge is 0.383 e. The smallest absolute Gasteiger partial charge is 0.0606 e. The van der Waals surface area contributed by atoms with Gasteiger partial charge in [-0.1, -0.05) is 19.9 Å². The first-order valence-electron chi connectivity index (χ1n) is 5.88. The molecular weight excluding hydrogens is 196 g/mol. The lowest BCUT2D eigenvalue weighted by atomic mass is 9.98. The van der Waals surface area contributed by atoms with Crippen molar-refractivity contribution in [1.82, 2.24) is 4.98 Å². The fourth-order valence-electron chi connectivity index (χ4n) is 1.89. The molecule has 1 aromatic rings. The van der Waals surface area contributed by atoms with Gasteiger partial charge in [0.25, 0.3) is 0 Å². The second-order valence-electron chi connectivity index (χ2n) is 4.46. The molecule has 0 aliphatic heterocycles. The summed E-state index contributed by atoms with van der Waals surface area (Å²) in [6.07, 6.45) is 4.90. The quantitative estimate of drug-likeness (QED) is 0.600. The molecule has 1 aromatic heterocycles. The van der Waals surface area contributed by atoms with Gasteiger partial charge >= 0.3 is 0 Å². The van der Waals surface area contributed by atoms with Gasteiger partial charge in [-0.15, -0.1) is 6.58 Å². The van der Waals surface area contributed by atoms with Crippen LogP contribution in [0.2, 0.25) is 0 Å². The van der Waals surface area contributed by atoms with E-state index < -0.39 is 0 Å². The van der Waals surface area contributed by atoms with Crippen LogP contribution in [0.15, 0.2) is 18.9 Å². The topological polar surface area (TPSA) is 24.9 Å². The van der Waals surface area contributed by atoms with Crippen molar-refractivity contribution in [3.05, 3.63) is 35.7 Å². The normalized spacial score (nSPS) is 10.6. The van der Waals surface area contributed by atoms with Crippen molar-refractivity contribution < 1.29 is 0 Å². The lowest BCUT2D eigenvalue weighted by molar-refractivity contribution is 0.843. The van der Waals surface area contributed by atoms with Crippen molar-refractivity contribution in [1.29, 1.82) is 0 Å². The van der Waals surface area contributed by atoms with E-state index in [1.807, 2.05) is 19.2 Å². The number of aromatic nitrogens is 1. The van der Waals surface area contributed by atoms with Gasteiger partial charge in [0, 0.05) is 12.7 Å². The highest BCUT2D eigenvalue weighted by atomic mass is 14.9. The zero-order valence-electron chi connectivity index (χ0n) is 10.8. The molecule has 0 aromatic carbocycles. The maximum atomic E-state index is 4.45. The molecule has 2 heteroatoms. The lowest BCUT2D eigenvalue weighted by Crippen LogP contribution is -2.07. The summed E-state index contributed by atoms with van der Waals surface area (Å²) >= 11 is 0. The number of nitrogens with zero attached hydrogens (tertiary/aromatic N) is 1. The number of anilines is 1. The Morgan fingerprint density at radius 1 is 1.44 bits per heavy atom. The molecule has 0 fully saturated rings. The first-order valence-corrected chi connectivity index (χ1v) is 5.88. The van der Waals surface area contributed by atoms with E-state index in [1.165, 1.54) is 16.8 Å².